The van der Waals surface area contributed by atoms with E-state index < -0.39 is 0 Å². The number of nitrogens with zero attached hydrogens (tertiary/aromatic N) is 1. The number of hydrogen-bond acceptors (Lipinski definition) is 2. The summed E-state index contributed by atoms with van der Waals surface area (Å²) in [7, 11) is 0. The van der Waals surface area contributed by atoms with Crippen molar-refractivity contribution in [1.29, 1.82) is 0 Å². The summed E-state index contributed by atoms with van der Waals surface area (Å²) in [6, 6.07) is 0. The van der Waals surface area contributed by atoms with Crippen molar-refractivity contribution in [2.24, 2.45) is 5.92 Å². The summed E-state index contributed by atoms with van der Waals surface area (Å²) in [4.78, 5) is 13.5. The molecule has 2 aliphatic heterocycles. The second-order valence-corrected chi connectivity index (χ2v) is 3.82. The highest BCUT2D eigenvalue weighted by atomic mass is 16.1. The molecule has 2 rings (SSSR count). The van der Waals surface area contributed by atoms with Crippen molar-refractivity contribution in [3.05, 3.63) is 0 Å². The topological polar surface area (TPSA) is 20.3 Å². The van der Waals surface area contributed by atoms with Gasteiger partial charge in [0.2, 0.25) is 0 Å². The van der Waals surface area contributed by atoms with Gasteiger partial charge in [-0.2, -0.15) is 0 Å². The number of hydrogen-bond donors (Lipinski definition) is 0. The van der Waals surface area contributed by atoms with Crippen molar-refractivity contribution in [3.8, 4) is 0 Å². The highest BCUT2D eigenvalue weighted by molar-refractivity contribution is 5.80. The van der Waals surface area contributed by atoms with Crippen LogP contribution in [0.25, 0.3) is 0 Å². The maximum absolute atomic E-state index is 11.2. The number of Topliss-reactive ketones (excluding diaryl/α,β-unsaturated/α-hetero) is 1. The molecule has 2 unspecified atom stereocenters. The van der Waals surface area contributed by atoms with Crippen molar-refractivity contribution in [1.82, 2.24) is 4.90 Å². The smallest absolute Gasteiger partial charge is 0.146 e. The molecule has 2 nitrogen and oxygen atoms in total. The Morgan fingerprint density at radius 3 is 3.18 bits per heavy atom. The van der Waals surface area contributed by atoms with Crippen molar-refractivity contribution in [2.75, 3.05) is 19.6 Å². The summed E-state index contributed by atoms with van der Waals surface area (Å²) < 4.78 is 0. The molecule has 2 aliphatic rings. The van der Waals surface area contributed by atoms with Gasteiger partial charge in [0, 0.05) is 13.0 Å². The average Bonchev–Trinajstić information content (AvgIpc) is 2.12. The molecular formula is C9H15NO. The minimum Gasteiger partial charge on any atom is -0.298 e. The lowest BCUT2D eigenvalue weighted by Crippen LogP contribution is -2.35. The van der Waals surface area contributed by atoms with E-state index in [2.05, 4.69) is 4.90 Å². The highest BCUT2D eigenvalue weighted by Gasteiger charge is 2.25. The van der Waals surface area contributed by atoms with Crippen molar-refractivity contribution < 1.29 is 4.79 Å². The number of carbonyl (C=O) groups excluding carboxylic acids is 1. The van der Waals surface area contributed by atoms with Crippen LogP contribution >= 0.6 is 0 Å². The van der Waals surface area contributed by atoms with Crippen molar-refractivity contribution in [2.45, 2.75) is 25.7 Å². The fraction of sp³-hybridized carbons (Fsp3) is 0.889. The van der Waals surface area contributed by atoms with Crippen LogP contribution in [0.2, 0.25) is 0 Å². The van der Waals surface area contributed by atoms with Gasteiger partial charge in [-0.05, 0) is 31.7 Å². The second-order valence-electron chi connectivity index (χ2n) is 3.82. The second kappa shape index (κ2) is 2.94. The molecule has 62 valence electrons. The molecule has 0 saturated carbocycles. The number of ketones is 1. The van der Waals surface area contributed by atoms with Crippen LogP contribution in [0.1, 0.15) is 25.7 Å². The van der Waals surface area contributed by atoms with Gasteiger partial charge in [0.05, 0.1) is 6.54 Å². The lowest BCUT2D eigenvalue weighted by atomic mass is 9.95. The Hall–Kier alpha value is -0.370. The first-order valence-corrected chi connectivity index (χ1v) is 4.58. The summed E-state index contributed by atoms with van der Waals surface area (Å²) in [5.74, 6) is 1.28. The molecule has 11 heavy (non-hydrogen) atoms. The van der Waals surface area contributed by atoms with Gasteiger partial charge in [-0.15, -0.1) is 0 Å². The van der Waals surface area contributed by atoms with E-state index in [1.165, 1.54) is 19.4 Å². The van der Waals surface area contributed by atoms with E-state index in [1.807, 2.05) is 0 Å². The van der Waals surface area contributed by atoms with E-state index in [9.17, 15) is 4.79 Å². The number of carbonyl (C=O) groups is 1. The summed E-state index contributed by atoms with van der Waals surface area (Å²) in [6.45, 7) is 3.07. The molecule has 0 amide bonds. The van der Waals surface area contributed by atoms with Crippen molar-refractivity contribution >= 4 is 5.78 Å². The van der Waals surface area contributed by atoms with Gasteiger partial charge in [0.15, 0.2) is 0 Å². The number of piperidine rings is 1. The molecule has 0 aromatic heterocycles. The largest absolute Gasteiger partial charge is 0.298 e. The van der Waals surface area contributed by atoms with Gasteiger partial charge in [-0.3, -0.25) is 9.69 Å². The SMILES string of the molecule is O=C1CCC2CCCN(C1)C2. The molecule has 0 aliphatic carbocycles. The van der Waals surface area contributed by atoms with Crippen LogP contribution in [-0.2, 0) is 4.79 Å². The van der Waals surface area contributed by atoms with Gasteiger partial charge >= 0.3 is 0 Å². The normalized spacial score (nSPS) is 38.4. The summed E-state index contributed by atoms with van der Waals surface area (Å²) in [6.07, 6.45) is 4.64. The Kier molecular flexibility index (Phi) is 1.95. The molecule has 2 heterocycles. The maximum Gasteiger partial charge on any atom is 0.146 e. The first-order chi connectivity index (χ1) is 5.34. The Balaban J connectivity index is 2.04. The van der Waals surface area contributed by atoms with Crippen LogP contribution in [-0.4, -0.2) is 30.3 Å². The Bertz CT molecular complexity index is 167. The van der Waals surface area contributed by atoms with Crippen LogP contribution in [0.3, 0.4) is 0 Å². The van der Waals surface area contributed by atoms with E-state index in [0.29, 0.717) is 5.78 Å². The van der Waals surface area contributed by atoms with Crippen LogP contribution in [0.15, 0.2) is 0 Å². The van der Waals surface area contributed by atoms with Gasteiger partial charge < -0.3 is 0 Å². The monoisotopic (exact) mass is 153 g/mol. The molecule has 0 aromatic carbocycles. The summed E-state index contributed by atoms with van der Waals surface area (Å²) in [5.41, 5.74) is 0. The fourth-order valence-corrected chi connectivity index (χ4v) is 2.22. The third-order valence-electron chi connectivity index (χ3n) is 2.83. The highest BCUT2D eigenvalue weighted by Crippen LogP contribution is 2.23. The van der Waals surface area contributed by atoms with Gasteiger partial charge in [0.1, 0.15) is 5.78 Å². The molecule has 2 heteroatoms. The zero-order valence-electron chi connectivity index (χ0n) is 6.88. The van der Waals surface area contributed by atoms with Crippen LogP contribution in [0.5, 0.6) is 0 Å². The van der Waals surface area contributed by atoms with Gasteiger partial charge in [-0.25, -0.2) is 0 Å². The predicted octanol–water partition coefficient (Wildman–Crippen LogP) is 1.06. The van der Waals surface area contributed by atoms with Crippen LogP contribution < -0.4 is 0 Å². The van der Waals surface area contributed by atoms with E-state index in [0.717, 1.165) is 31.8 Å². The first kappa shape index (κ1) is 7.29. The van der Waals surface area contributed by atoms with Gasteiger partial charge in [0.25, 0.3) is 0 Å². The lowest BCUT2D eigenvalue weighted by Gasteiger charge is -2.28. The molecule has 0 aromatic rings. The lowest BCUT2D eigenvalue weighted by molar-refractivity contribution is -0.119. The van der Waals surface area contributed by atoms with Gasteiger partial charge in [-0.1, -0.05) is 0 Å². The summed E-state index contributed by atoms with van der Waals surface area (Å²) in [5, 5.41) is 0. The molecule has 0 spiro atoms. The van der Waals surface area contributed by atoms with E-state index in [4.69, 9.17) is 0 Å². The first-order valence-electron chi connectivity index (χ1n) is 4.58. The minimum absolute atomic E-state index is 0.453. The molecule has 0 radical (unpaired) electrons. The third kappa shape index (κ3) is 1.62. The minimum atomic E-state index is 0.453. The number of fused-ring (bicyclic) bond motifs is 2. The molecule has 2 atom stereocenters. The average molecular weight is 153 g/mol. The molecular weight excluding hydrogens is 138 g/mol. The molecule has 2 bridgehead atoms. The fourth-order valence-electron chi connectivity index (χ4n) is 2.22. The third-order valence-corrected chi connectivity index (χ3v) is 2.83. The maximum atomic E-state index is 11.2. The zero-order chi connectivity index (χ0) is 7.68. The predicted molar refractivity (Wildman–Crippen MR) is 43.4 cm³/mol. The summed E-state index contributed by atoms with van der Waals surface area (Å²) >= 11 is 0. The molecule has 2 fully saturated rings. The molecule has 0 N–H and O–H groups in total. The van der Waals surface area contributed by atoms with E-state index in [-0.39, 0.29) is 0 Å². The Morgan fingerprint density at radius 1 is 1.36 bits per heavy atom. The van der Waals surface area contributed by atoms with E-state index in [1.54, 1.807) is 0 Å². The Labute approximate surface area is 67.6 Å². The standard InChI is InChI=1S/C9H15NO/c11-9-4-3-8-2-1-5-10(6-8)7-9/h8H,1-7H2. The Morgan fingerprint density at radius 2 is 2.27 bits per heavy atom. The zero-order valence-corrected chi connectivity index (χ0v) is 6.88. The quantitative estimate of drug-likeness (QED) is 0.518. The number of rotatable bonds is 0. The van der Waals surface area contributed by atoms with Crippen molar-refractivity contribution in [3.63, 3.8) is 0 Å². The molecule has 2 saturated heterocycles. The van der Waals surface area contributed by atoms with E-state index >= 15 is 0 Å². The van der Waals surface area contributed by atoms with Crippen LogP contribution in [0, 0.1) is 5.92 Å². The van der Waals surface area contributed by atoms with Crippen LogP contribution in [0.4, 0.5) is 0 Å².